The number of fused-ring (bicyclic) bond motifs is 3. The van der Waals surface area contributed by atoms with Gasteiger partial charge < -0.3 is 20.3 Å². The topological polar surface area (TPSA) is 171 Å². The molecule has 3 fully saturated rings. The van der Waals surface area contributed by atoms with Crippen LogP contribution in [0.1, 0.15) is 95.2 Å². The molecule has 13 nitrogen and oxygen atoms in total. The molecule has 3 N–H and O–H groups in total. The Morgan fingerprint density at radius 2 is 1.86 bits per heavy atom. The third kappa shape index (κ3) is 7.85. The van der Waals surface area contributed by atoms with Crippen LogP contribution in [0, 0.1) is 11.3 Å². The molecule has 4 bridgehead atoms. The van der Waals surface area contributed by atoms with Gasteiger partial charge in [0.25, 0.3) is 5.91 Å². The van der Waals surface area contributed by atoms with Crippen molar-refractivity contribution in [2.75, 3.05) is 6.54 Å². The van der Waals surface area contributed by atoms with Gasteiger partial charge in [-0.1, -0.05) is 63.6 Å². The molecule has 3 aliphatic heterocycles. The molecule has 0 radical (unpaired) electrons. The largest absolute Gasteiger partial charge is 0.444 e. The van der Waals surface area contributed by atoms with Crippen molar-refractivity contribution in [2.45, 2.75) is 121 Å². The summed E-state index contributed by atoms with van der Waals surface area (Å²) >= 11 is 0. The predicted octanol–water partition coefficient (Wildman–Crippen LogP) is 3.29. The molecule has 51 heavy (non-hydrogen) atoms. The van der Waals surface area contributed by atoms with E-state index < -0.39 is 74.1 Å². The lowest BCUT2D eigenvalue weighted by Gasteiger charge is -2.35. The van der Waals surface area contributed by atoms with Gasteiger partial charge in [0.2, 0.25) is 27.7 Å². The highest BCUT2D eigenvalue weighted by Crippen LogP contribution is 2.45. The highest BCUT2D eigenvalue weighted by atomic mass is 32.2. The standard InChI is InChI=1S/C37H49N5O8S/c1-5-25-19-37(25,34(46)40-51(48,49)27-16-17-27)39-32(44)29-18-26-21-42(29)33(45)31(36(2,3)4)38-30(43)15-10-8-6-7-9-12-23-13-11-14-24-20-41(22-28(23)24)35(47)50-26/h5,9,11-14,25-27,29,31H,1,6-8,10,15-22H2,2-4H3,(H,38,43)(H,39,44)(H,40,46)/t25-,26-,29+,31-,37-/m1/s1. The molecule has 2 saturated carbocycles. The van der Waals surface area contributed by atoms with Crippen LogP contribution < -0.4 is 15.4 Å². The van der Waals surface area contributed by atoms with Crippen molar-refractivity contribution in [3.63, 3.8) is 0 Å². The van der Waals surface area contributed by atoms with Gasteiger partial charge in [0.05, 0.1) is 18.3 Å². The Morgan fingerprint density at radius 1 is 1.10 bits per heavy atom. The maximum absolute atomic E-state index is 14.4. The van der Waals surface area contributed by atoms with Crippen molar-refractivity contribution >= 4 is 45.8 Å². The van der Waals surface area contributed by atoms with Gasteiger partial charge in [0.1, 0.15) is 23.7 Å². The Kier molecular flexibility index (Phi) is 10.1. The zero-order valence-electron chi connectivity index (χ0n) is 29.6. The number of rotatable bonds is 6. The lowest BCUT2D eigenvalue weighted by molar-refractivity contribution is -0.144. The van der Waals surface area contributed by atoms with Crippen molar-refractivity contribution in [2.24, 2.45) is 11.3 Å². The summed E-state index contributed by atoms with van der Waals surface area (Å²) in [5.74, 6) is -2.85. The zero-order chi connectivity index (χ0) is 36.7. The Labute approximate surface area is 299 Å². The highest BCUT2D eigenvalue weighted by Gasteiger charge is 2.62. The van der Waals surface area contributed by atoms with E-state index in [-0.39, 0.29) is 31.7 Å². The number of amides is 5. The van der Waals surface area contributed by atoms with Gasteiger partial charge in [-0.15, -0.1) is 6.58 Å². The smallest absolute Gasteiger partial charge is 0.410 e. The number of ether oxygens (including phenoxy) is 1. The van der Waals surface area contributed by atoms with E-state index in [2.05, 4.69) is 34.1 Å². The fraction of sp³-hybridized carbons (Fsp3) is 0.595. The molecule has 1 aromatic rings. The number of allylic oxidation sites excluding steroid dienone is 1. The van der Waals surface area contributed by atoms with E-state index in [1.54, 1.807) is 4.90 Å². The highest BCUT2D eigenvalue weighted by molar-refractivity contribution is 7.91. The first kappa shape index (κ1) is 36.6. The van der Waals surface area contributed by atoms with Crippen molar-refractivity contribution in [3.05, 3.63) is 53.6 Å². The lowest BCUT2D eigenvalue weighted by atomic mass is 9.85. The van der Waals surface area contributed by atoms with Crippen LogP contribution >= 0.6 is 0 Å². The predicted molar refractivity (Wildman–Crippen MR) is 189 cm³/mol. The number of carbonyl (C=O) groups is 5. The first-order valence-corrected chi connectivity index (χ1v) is 19.5. The number of sulfonamides is 1. The minimum Gasteiger partial charge on any atom is -0.444 e. The summed E-state index contributed by atoms with van der Waals surface area (Å²) in [7, 11) is -3.89. The third-order valence-electron chi connectivity index (χ3n) is 10.6. The maximum Gasteiger partial charge on any atom is 0.410 e. The maximum atomic E-state index is 14.4. The van der Waals surface area contributed by atoms with Crippen molar-refractivity contribution < 1.29 is 37.1 Å². The van der Waals surface area contributed by atoms with Crippen LogP contribution in [0.2, 0.25) is 0 Å². The minimum absolute atomic E-state index is 0.0558. The molecule has 1 saturated heterocycles. The summed E-state index contributed by atoms with van der Waals surface area (Å²) in [6, 6.07) is 3.79. The summed E-state index contributed by atoms with van der Waals surface area (Å²) in [5, 5.41) is 5.03. The van der Waals surface area contributed by atoms with Crippen LogP contribution in [0.15, 0.2) is 36.9 Å². The molecular weight excluding hydrogens is 675 g/mol. The fourth-order valence-corrected chi connectivity index (χ4v) is 8.69. The van der Waals surface area contributed by atoms with E-state index in [4.69, 9.17) is 4.74 Å². The summed E-state index contributed by atoms with van der Waals surface area (Å²) in [5.41, 5.74) is 0.788. The average molecular weight is 724 g/mol. The van der Waals surface area contributed by atoms with Gasteiger partial charge in [-0.2, -0.15) is 0 Å². The van der Waals surface area contributed by atoms with E-state index in [9.17, 15) is 32.4 Å². The fourth-order valence-electron chi connectivity index (χ4n) is 7.33. The van der Waals surface area contributed by atoms with Crippen molar-refractivity contribution in [1.29, 1.82) is 0 Å². The van der Waals surface area contributed by atoms with Gasteiger partial charge >= 0.3 is 6.09 Å². The molecule has 1 aromatic carbocycles. The van der Waals surface area contributed by atoms with Crippen LogP contribution in [0.4, 0.5) is 4.79 Å². The second kappa shape index (κ2) is 14.1. The SMILES string of the molecule is C=C[C@@H]1C[C@]1(NC(=O)[C@@H]1C[C@@H]2CN1C(=O)[C@H](C(C)(C)C)NC(=O)CCCCCC=Cc1cccc3c1CN(C3)C(=O)O2)C(=O)NS(=O)(=O)C1CC1. The molecule has 3 heterocycles. The van der Waals surface area contributed by atoms with Crippen LogP contribution in [-0.4, -0.2) is 83.5 Å². The van der Waals surface area contributed by atoms with Crippen molar-refractivity contribution in [1.82, 2.24) is 25.2 Å². The molecule has 5 aliphatic rings. The van der Waals surface area contributed by atoms with E-state index >= 15 is 0 Å². The normalized spacial score (nSPS) is 28.8. The molecule has 2 aliphatic carbocycles. The summed E-state index contributed by atoms with van der Waals surface area (Å²) in [6.07, 6.45) is 8.68. The second-order valence-electron chi connectivity index (χ2n) is 15.6. The molecule has 5 atom stereocenters. The lowest BCUT2D eigenvalue weighted by Crippen LogP contribution is -2.60. The van der Waals surface area contributed by atoms with Crippen LogP contribution in [0.3, 0.4) is 0 Å². The molecule has 0 aromatic heterocycles. The van der Waals surface area contributed by atoms with Gasteiger partial charge in [-0.3, -0.25) is 28.8 Å². The van der Waals surface area contributed by atoms with E-state index in [1.807, 2.05) is 39.0 Å². The Morgan fingerprint density at radius 3 is 2.55 bits per heavy atom. The zero-order valence-corrected chi connectivity index (χ0v) is 30.4. The summed E-state index contributed by atoms with van der Waals surface area (Å²) in [6.45, 7) is 9.82. The molecule has 0 unspecified atom stereocenters. The van der Waals surface area contributed by atoms with Crippen LogP contribution in [-0.2, 0) is 47.0 Å². The Bertz CT molecular complexity index is 1750. The summed E-state index contributed by atoms with van der Waals surface area (Å²) < 4.78 is 33.4. The van der Waals surface area contributed by atoms with Gasteiger partial charge in [-0.25, -0.2) is 13.2 Å². The Hall–Kier alpha value is -4.20. The molecule has 5 amide bonds. The Balaban J connectivity index is 1.27. The van der Waals surface area contributed by atoms with Crippen LogP contribution in [0.25, 0.3) is 6.08 Å². The molecule has 6 rings (SSSR count). The quantitative estimate of drug-likeness (QED) is 0.376. The minimum atomic E-state index is -3.89. The first-order chi connectivity index (χ1) is 24.1. The van der Waals surface area contributed by atoms with Gasteiger partial charge in [0, 0.05) is 25.3 Å². The van der Waals surface area contributed by atoms with Crippen molar-refractivity contribution in [3.8, 4) is 0 Å². The second-order valence-corrected chi connectivity index (χ2v) is 17.6. The number of carbonyl (C=O) groups excluding carboxylic acids is 5. The van der Waals surface area contributed by atoms with Crippen LogP contribution in [0.5, 0.6) is 0 Å². The van der Waals surface area contributed by atoms with Gasteiger partial charge in [0.15, 0.2) is 0 Å². The monoisotopic (exact) mass is 723 g/mol. The average Bonchev–Trinajstić information content (AvgIpc) is 3.96. The van der Waals surface area contributed by atoms with E-state index in [0.29, 0.717) is 32.4 Å². The number of nitrogens with one attached hydrogen (secondary N) is 3. The van der Waals surface area contributed by atoms with E-state index in [1.165, 1.54) is 11.0 Å². The number of nitrogens with zero attached hydrogens (tertiary/aromatic N) is 2. The number of benzene rings is 1. The van der Waals surface area contributed by atoms with E-state index in [0.717, 1.165) is 36.0 Å². The first-order valence-electron chi connectivity index (χ1n) is 18.0. The molecule has 14 heteroatoms. The number of hydrogen-bond acceptors (Lipinski definition) is 8. The van der Waals surface area contributed by atoms with Gasteiger partial charge in [-0.05, 0) is 60.6 Å². The third-order valence-corrected chi connectivity index (χ3v) is 12.5. The molecule has 276 valence electrons. The molecular formula is C37H49N5O8S. The molecule has 0 spiro atoms. The number of hydrogen-bond donors (Lipinski definition) is 3. The summed E-state index contributed by atoms with van der Waals surface area (Å²) in [4.78, 5) is 71.6.